The van der Waals surface area contributed by atoms with Crippen LogP contribution < -0.4 is 20.5 Å². The summed E-state index contributed by atoms with van der Waals surface area (Å²) in [5, 5.41) is 2.76. The molecule has 0 unspecified atom stereocenters. The lowest BCUT2D eigenvalue weighted by Gasteiger charge is -2.08. The highest BCUT2D eigenvalue weighted by molar-refractivity contribution is 7.18. The van der Waals surface area contributed by atoms with Gasteiger partial charge in [0.25, 0.3) is 11.8 Å². The summed E-state index contributed by atoms with van der Waals surface area (Å²) in [6.07, 6.45) is 0. The van der Waals surface area contributed by atoms with Crippen LogP contribution in [-0.2, 0) is 11.3 Å². The number of esters is 1. The summed E-state index contributed by atoms with van der Waals surface area (Å²) in [7, 11) is 1.54. The lowest BCUT2D eigenvalue weighted by molar-refractivity contribution is 0.0527. The first-order valence-corrected chi connectivity index (χ1v) is 10.4. The van der Waals surface area contributed by atoms with Gasteiger partial charge in [0.1, 0.15) is 17.4 Å². The van der Waals surface area contributed by atoms with E-state index in [2.05, 4.69) is 5.32 Å². The average molecular weight is 458 g/mol. The molecule has 0 bridgehead atoms. The molecule has 0 atom stereocenters. The summed E-state index contributed by atoms with van der Waals surface area (Å²) in [5.41, 5.74) is 5.82. The number of carbonyl (C=O) groups excluding carboxylic acids is 3. The number of rotatable bonds is 9. The third kappa shape index (κ3) is 4.92. The van der Waals surface area contributed by atoms with Gasteiger partial charge < -0.3 is 29.7 Å². The number of anilines is 1. The van der Waals surface area contributed by atoms with Gasteiger partial charge in [0.2, 0.25) is 0 Å². The fourth-order valence-corrected chi connectivity index (χ4v) is 3.96. The van der Waals surface area contributed by atoms with Gasteiger partial charge in [-0.05, 0) is 43.7 Å². The molecule has 3 aromatic rings. The molecule has 10 heteroatoms. The van der Waals surface area contributed by atoms with Crippen molar-refractivity contribution in [3.63, 3.8) is 0 Å². The Bertz CT molecular complexity index is 1150. The minimum atomic E-state index is -0.702. The van der Waals surface area contributed by atoms with Crippen molar-refractivity contribution in [2.24, 2.45) is 5.73 Å². The molecule has 9 nitrogen and oxygen atoms in total. The van der Waals surface area contributed by atoms with Crippen LogP contribution in [0.25, 0.3) is 0 Å². The van der Waals surface area contributed by atoms with Gasteiger partial charge in [-0.15, -0.1) is 11.3 Å². The van der Waals surface area contributed by atoms with Crippen LogP contribution in [0.15, 0.2) is 40.8 Å². The maximum Gasteiger partial charge on any atom is 0.341 e. The lowest BCUT2D eigenvalue weighted by Crippen LogP contribution is -2.14. The number of hydrogen-bond donors (Lipinski definition) is 2. The van der Waals surface area contributed by atoms with Crippen LogP contribution in [0.3, 0.4) is 0 Å². The van der Waals surface area contributed by atoms with Crippen LogP contribution in [-0.4, -0.2) is 31.5 Å². The summed E-state index contributed by atoms with van der Waals surface area (Å²) in [6.45, 7) is 3.44. The number of carbonyl (C=O) groups is 3. The van der Waals surface area contributed by atoms with Crippen molar-refractivity contribution in [1.82, 2.24) is 0 Å². The number of methoxy groups -OCH3 is 1. The monoisotopic (exact) mass is 458 g/mol. The smallest absolute Gasteiger partial charge is 0.341 e. The predicted molar refractivity (Wildman–Crippen MR) is 118 cm³/mol. The second-order valence-electron chi connectivity index (χ2n) is 6.50. The van der Waals surface area contributed by atoms with E-state index >= 15 is 0 Å². The standard InChI is InChI=1S/C22H22N2O7S/c1-4-29-22(27)17-12(2)18(19(23)25)32-21(17)24-20(26)16-10-9-13(31-16)11-30-15-8-6-5-7-14(15)28-3/h5-10H,4,11H2,1-3H3,(H2,23,25)(H,24,26). The zero-order valence-corrected chi connectivity index (χ0v) is 18.5. The highest BCUT2D eigenvalue weighted by atomic mass is 32.1. The van der Waals surface area contributed by atoms with Crippen LogP contribution in [0.1, 0.15) is 48.8 Å². The second kappa shape index (κ2) is 10.0. The van der Waals surface area contributed by atoms with E-state index in [0.29, 0.717) is 22.8 Å². The Balaban J connectivity index is 1.75. The summed E-state index contributed by atoms with van der Waals surface area (Å²) in [5.74, 6) is -0.443. The SMILES string of the molecule is CCOC(=O)c1c(NC(=O)c2ccc(COc3ccccc3OC)o2)sc(C(N)=O)c1C. The van der Waals surface area contributed by atoms with Crippen molar-refractivity contribution in [3.8, 4) is 11.5 Å². The summed E-state index contributed by atoms with van der Waals surface area (Å²) in [4.78, 5) is 36.9. The molecule has 0 radical (unpaired) electrons. The molecule has 2 heterocycles. The van der Waals surface area contributed by atoms with Crippen molar-refractivity contribution in [1.29, 1.82) is 0 Å². The molecule has 0 saturated carbocycles. The Morgan fingerprint density at radius 3 is 2.50 bits per heavy atom. The van der Waals surface area contributed by atoms with E-state index in [4.69, 9.17) is 24.4 Å². The van der Waals surface area contributed by atoms with Crippen LogP contribution in [0.2, 0.25) is 0 Å². The Morgan fingerprint density at radius 2 is 1.84 bits per heavy atom. The predicted octanol–water partition coefficient (Wildman–Crippen LogP) is 3.77. The van der Waals surface area contributed by atoms with E-state index in [1.165, 1.54) is 13.2 Å². The van der Waals surface area contributed by atoms with E-state index in [1.807, 2.05) is 12.1 Å². The maximum atomic E-state index is 12.7. The van der Waals surface area contributed by atoms with Gasteiger partial charge in [0.05, 0.1) is 24.2 Å². The number of furan rings is 1. The zero-order chi connectivity index (χ0) is 23.3. The van der Waals surface area contributed by atoms with Crippen molar-refractivity contribution in [2.45, 2.75) is 20.5 Å². The van der Waals surface area contributed by atoms with Crippen molar-refractivity contribution in [2.75, 3.05) is 19.0 Å². The Hall–Kier alpha value is -3.79. The Morgan fingerprint density at radius 1 is 1.12 bits per heavy atom. The Labute approximate surface area is 188 Å². The number of hydrogen-bond acceptors (Lipinski definition) is 8. The van der Waals surface area contributed by atoms with E-state index in [0.717, 1.165) is 11.3 Å². The van der Waals surface area contributed by atoms with Crippen LogP contribution in [0.4, 0.5) is 5.00 Å². The zero-order valence-electron chi connectivity index (χ0n) is 17.7. The van der Waals surface area contributed by atoms with Gasteiger partial charge in [-0.3, -0.25) is 9.59 Å². The number of benzene rings is 1. The van der Waals surface area contributed by atoms with Gasteiger partial charge >= 0.3 is 5.97 Å². The van der Waals surface area contributed by atoms with E-state index < -0.39 is 17.8 Å². The number of nitrogens with two attached hydrogens (primary N) is 1. The molecule has 168 valence electrons. The molecular formula is C22H22N2O7S. The fraction of sp³-hybridized carbons (Fsp3) is 0.227. The van der Waals surface area contributed by atoms with Crippen molar-refractivity contribution < 1.29 is 33.0 Å². The molecule has 0 aliphatic rings. The maximum absolute atomic E-state index is 12.7. The van der Waals surface area contributed by atoms with Crippen molar-refractivity contribution in [3.05, 3.63) is 63.9 Å². The molecule has 2 amide bonds. The normalized spacial score (nSPS) is 10.5. The van der Waals surface area contributed by atoms with Gasteiger partial charge in [-0.1, -0.05) is 12.1 Å². The first-order chi connectivity index (χ1) is 15.3. The summed E-state index contributed by atoms with van der Waals surface area (Å²) < 4.78 is 21.5. The molecule has 0 aliphatic carbocycles. The molecule has 0 aliphatic heterocycles. The average Bonchev–Trinajstić information content (AvgIpc) is 3.37. The van der Waals surface area contributed by atoms with Crippen LogP contribution >= 0.6 is 11.3 Å². The van der Waals surface area contributed by atoms with Crippen molar-refractivity contribution >= 4 is 34.1 Å². The van der Waals surface area contributed by atoms with E-state index in [-0.39, 0.29) is 34.4 Å². The van der Waals surface area contributed by atoms with Gasteiger partial charge in [-0.2, -0.15) is 0 Å². The summed E-state index contributed by atoms with van der Waals surface area (Å²) in [6, 6.07) is 10.2. The third-order valence-corrected chi connectivity index (χ3v) is 5.62. The van der Waals surface area contributed by atoms with Crippen LogP contribution in [0, 0.1) is 6.92 Å². The molecule has 0 saturated heterocycles. The third-order valence-electron chi connectivity index (χ3n) is 4.40. The molecule has 3 rings (SSSR count). The number of ether oxygens (including phenoxy) is 3. The molecule has 1 aromatic carbocycles. The van der Waals surface area contributed by atoms with Crippen LogP contribution in [0.5, 0.6) is 11.5 Å². The fourth-order valence-electron chi connectivity index (χ4n) is 2.91. The number of para-hydroxylation sites is 2. The quantitative estimate of drug-likeness (QED) is 0.467. The highest BCUT2D eigenvalue weighted by Crippen LogP contribution is 2.34. The lowest BCUT2D eigenvalue weighted by atomic mass is 10.1. The van der Waals surface area contributed by atoms with Gasteiger partial charge in [0.15, 0.2) is 17.3 Å². The van der Waals surface area contributed by atoms with Gasteiger partial charge in [0, 0.05) is 0 Å². The molecular weight excluding hydrogens is 436 g/mol. The largest absolute Gasteiger partial charge is 0.493 e. The minimum Gasteiger partial charge on any atom is -0.493 e. The number of thiophene rings is 1. The summed E-state index contributed by atoms with van der Waals surface area (Å²) >= 11 is 0.902. The molecule has 0 fully saturated rings. The first-order valence-electron chi connectivity index (χ1n) is 9.61. The number of nitrogens with one attached hydrogen (secondary N) is 1. The molecule has 3 N–H and O–H groups in total. The Kier molecular flexibility index (Phi) is 7.16. The molecule has 2 aromatic heterocycles. The topological polar surface area (TPSA) is 130 Å². The molecule has 32 heavy (non-hydrogen) atoms. The number of primary amides is 1. The second-order valence-corrected chi connectivity index (χ2v) is 7.53. The minimum absolute atomic E-state index is 0.00473. The first kappa shape index (κ1) is 22.9. The molecule has 0 spiro atoms. The number of amides is 2. The van der Waals surface area contributed by atoms with E-state index in [1.54, 1.807) is 32.0 Å². The van der Waals surface area contributed by atoms with E-state index in [9.17, 15) is 14.4 Å². The van der Waals surface area contributed by atoms with Gasteiger partial charge in [-0.25, -0.2) is 4.79 Å². The highest BCUT2D eigenvalue weighted by Gasteiger charge is 2.26.